The Bertz CT molecular complexity index is 451. The van der Waals surface area contributed by atoms with Crippen LogP contribution in [0.4, 0.5) is 11.5 Å². The van der Waals surface area contributed by atoms with Crippen molar-refractivity contribution in [1.82, 2.24) is 4.98 Å². The van der Waals surface area contributed by atoms with Crippen LogP contribution in [0.5, 0.6) is 0 Å². The van der Waals surface area contributed by atoms with Crippen molar-refractivity contribution < 1.29 is 0 Å². The van der Waals surface area contributed by atoms with E-state index in [9.17, 15) is 0 Å². The van der Waals surface area contributed by atoms with Gasteiger partial charge in [-0.25, -0.2) is 4.98 Å². The van der Waals surface area contributed by atoms with Crippen LogP contribution in [-0.2, 0) is 6.42 Å². The zero-order valence-electron chi connectivity index (χ0n) is 12.0. The predicted octanol–water partition coefficient (Wildman–Crippen LogP) is 1.64. The Kier molecular flexibility index (Phi) is 3.35. The van der Waals surface area contributed by atoms with Crippen LogP contribution >= 0.6 is 0 Å². The summed E-state index contributed by atoms with van der Waals surface area (Å²) < 4.78 is 0. The molecule has 0 spiro atoms. The third-order valence-corrected chi connectivity index (χ3v) is 4.34. The quantitative estimate of drug-likeness (QED) is 0.834. The molecule has 1 aromatic rings. The molecule has 0 radical (unpaired) electrons. The molecule has 1 atom stereocenters. The number of rotatable bonds is 1. The number of anilines is 2. The lowest BCUT2D eigenvalue weighted by atomic mass is 9.98. The van der Waals surface area contributed by atoms with Gasteiger partial charge < -0.3 is 15.5 Å². The molecule has 2 aliphatic rings. The lowest BCUT2D eigenvalue weighted by Crippen LogP contribution is -2.40. The van der Waals surface area contributed by atoms with Gasteiger partial charge >= 0.3 is 0 Å². The Balaban J connectivity index is 1.83. The van der Waals surface area contributed by atoms with Crippen LogP contribution in [0.2, 0.25) is 0 Å². The normalized spacial score (nSPS) is 24.5. The number of pyridine rings is 1. The van der Waals surface area contributed by atoms with Crippen LogP contribution in [0.1, 0.15) is 25.5 Å². The summed E-state index contributed by atoms with van der Waals surface area (Å²) in [6.45, 7) is 5.51. The highest BCUT2D eigenvalue weighted by Gasteiger charge is 2.23. The molecule has 4 nitrogen and oxygen atoms in total. The Hall–Kier alpha value is -1.29. The van der Waals surface area contributed by atoms with E-state index >= 15 is 0 Å². The van der Waals surface area contributed by atoms with Gasteiger partial charge in [-0.15, -0.1) is 0 Å². The summed E-state index contributed by atoms with van der Waals surface area (Å²) in [6.07, 6.45) is 3.25. The number of nitrogens with two attached hydrogens (primary N) is 1. The molecule has 0 unspecified atom stereocenters. The summed E-state index contributed by atoms with van der Waals surface area (Å²) in [5.74, 6) is 1.82. The smallest absolute Gasteiger partial charge is 0.128 e. The number of fused-ring (bicyclic) bond motifs is 1. The predicted molar refractivity (Wildman–Crippen MR) is 79.8 cm³/mol. The van der Waals surface area contributed by atoms with Gasteiger partial charge in [0.1, 0.15) is 5.82 Å². The fourth-order valence-corrected chi connectivity index (χ4v) is 3.25. The standard InChI is InChI=1S/C15H24N4/c1-11-9-13-14(18(2)10-11)3-4-15(17-13)19-7-5-12(16)6-8-19/h3-4,11-12H,5-10,16H2,1-2H3/t11-/m1/s1. The van der Waals surface area contributed by atoms with Gasteiger partial charge in [0.05, 0.1) is 11.4 Å². The Morgan fingerprint density at radius 1 is 1.26 bits per heavy atom. The molecule has 0 aromatic carbocycles. The molecule has 0 saturated carbocycles. The molecule has 2 N–H and O–H groups in total. The van der Waals surface area contributed by atoms with Gasteiger partial charge in [0.15, 0.2) is 0 Å². The molecule has 3 rings (SSSR count). The van der Waals surface area contributed by atoms with E-state index in [1.807, 2.05) is 0 Å². The molecule has 3 heterocycles. The fourth-order valence-electron chi connectivity index (χ4n) is 3.25. The average molecular weight is 260 g/mol. The largest absolute Gasteiger partial charge is 0.373 e. The summed E-state index contributed by atoms with van der Waals surface area (Å²) in [5, 5.41) is 0. The third-order valence-electron chi connectivity index (χ3n) is 4.34. The third kappa shape index (κ3) is 2.54. The van der Waals surface area contributed by atoms with E-state index in [1.54, 1.807) is 0 Å². The molecule has 0 amide bonds. The Morgan fingerprint density at radius 3 is 2.74 bits per heavy atom. The van der Waals surface area contributed by atoms with Crippen molar-refractivity contribution >= 4 is 11.5 Å². The molecule has 2 aliphatic heterocycles. The fraction of sp³-hybridized carbons (Fsp3) is 0.667. The first-order valence-corrected chi connectivity index (χ1v) is 7.35. The van der Waals surface area contributed by atoms with Gasteiger partial charge in [0, 0.05) is 32.7 Å². The van der Waals surface area contributed by atoms with Gasteiger partial charge in [-0.05, 0) is 37.3 Å². The second kappa shape index (κ2) is 5.00. The summed E-state index contributed by atoms with van der Waals surface area (Å²) in [4.78, 5) is 9.61. The van der Waals surface area contributed by atoms with E-state index in [-0.39, 0.29) is 0 Å². The number of piperidine rings is 1. The minimum atomic E-state index is 0.375. The summed E-state index contributed by atoms with van der Waals surface area (Å²) in [5.41, 5.74) is 8.53. The van der Waals surface area contributed by atoms with Crippen molar-refractivity contribution in [3.8, 4) is 0 Å². The van der Waals surface area contributed by atoms with Crippen molar-refractivity contribution in [1.29, 1.82) is 0 Å². The Labute approximate surface area is 115 Å². The minimum Gasteiger partial charge on any atom is -0.373 e. The van der Waals surface area contributed by atoms with Gasteiger partial charge in [-0.3, -0.25) is 0 Å². The van der Waals surface area contributed by atoms with Crippen molar-refractivity contribution in [3.63, 3.8) is 0 Å². The van der Waals surface area contributed by atoms with Crippen LogP contribution in [0.3, 0.4) is 0 Å². The van der Waals surface area contributed by atoms with Crippen molar-refractivity contribution in [3.05, 3.63) is 17.8 Å². The number of nitrogens with zero attached hydrogens (tertiary/aromatic N) is 3. The first kappa shape index (κ1) is 12.7. The molecule has 4 heteroatoms. The maximum absolute atomic E-state index is 5.97. The van der Waals surface area contributed by atoms with Crippen molar-refractivity contribution in [2.45, 2.75) is 32.2 Å². The van der Waals surface area contributed by atoms with Crippen LogP contribution in [0.25, 0.3) is 0 Å². The number of aromatic nitrogens is 1. The topological polar surface area (TPSA) is 45.4 Å². The van der Waals surface area contributed by atoms with E-state index in [0.29, 0.717) is 12.0 Å². The first-order valence-electron chi connectivity index (χ1n) is 7.35. The first-order chi connectivity index (χ1) is 9.13. The summed E-state index contributed by atoms with van der Waals surface area (Å²) >= 11 is 0. The summed E-state index contributed by atoms with van der Waals surface area (Å²) in [6, 6.07) is 4.78. The van der Waals surface area contributed by atoms with E-state index in [4.69, 9.17) is 10.7 Å². The lowest BCUT2D eigenvalue weighted by molar-refractivity contribution is 0.496. The van der Waals surface area contributed by atoms with E-state index in [0.717, 1.165) is 44.7 Å². The zero-order chi connectivity index (χ0) is 13.4. The van der Waals surface area contributed by atoms with E-state index in [1.165, 1.54) is 11.4 Å². The lowest BCUT2D eigenvalue weighted by Gasteiger charge is -2.34. The van der Waals surface area contributed by atoms with Gasteiger partial charge in [-0.2, -0.15) is 0 Å². The highest BCUT2D eigenvalue weighted by molar-refractivity contribution is 5.57. The van der Waals surface area contributed by atoms with Crippen LogP contribution < -0.4 is 15.5 Å². The Morgan fingerprint density at radius 2 is 2.00 bits per heavy atom. The van der Waals surface area contributed by atoms with Gasteiger partial charge in [0.25, 0.3) is 0 Å². The maximum Gasteiger partial charge on any atom is 0.128 e. The van der Waals surface area contributed by atoms with Gasteiger partial charge in [-0.1, -0.05) is 6.92 Å². The van der Waals surface area contributed by atoms with Crippen LogP contribution in [0, 0.1) is 5.92 Å². The summed E-state index contributed by atoms with van der Waals surface area (Å²) in [7, 11) is 2.16. The van der Waals surface area contributed by atoms with E-state index < -0.39 is 0 Å². The van der Waals surface area contributed by atoms with Crippen LogP contribution in [-0.4, -0.2) is 37.7 Å². The molecule has 1 fully saturated rings. The molecule has 1 saturated heterocycles. The van der Waals surface area contributed by atoms with Crippen molar-refractivity contribution in [2.75, 3.05) is 36.5 Å². The molecule has 104 valence electrons. The SMILES string of the molecule is C[C@@H]1Cc2nc(N3CCC(N)CC3)ccc2N(C)C1. The highest BCUT2D eigenvalue weighted by Crippen LogP contribution is 2.29. The highest BCUT2D eigenvalue weighted by atomic mass is 15.2. The molecular formula is C15H24N4. The van der Waals surface area contributed by atoms with Crippen LogP contribution in [0.15, 0.2) is 12.1 Å². The number of hydrogen-bond acceptors (Lipinski definition) is 4. The van der Waals surface area contributed by atoms with E-state index in [2.05, 4.69) is 35.9 Å². The maximum atomic E-state index is 5.97. The molecule has 0 bridgehead atoms. The molecular weight excluding hydrogens is 236 g/mol. The monoisotopic (exact) mass is 260 g/mol. The zero-order valence-corrected chi connectivity index (χ0v) is 12.0. The molecule has 1 aromatic heterocycles. The molecule has 0 aliphatic carbocycles. The minimum absolute atomic E-state index is 0.375. The number of hydrogen-bond donors (Lipinski definition) is 1. The van der Waals surface area contributed by atoms with Gasteiger partial charge in [0.2, 0.25) is 0 Å². The second-order valence-electron chi connectivity index (χ2n) is 6.15. The second-order valence-corrected chi connectivity index (χ2v) is 6.15. The molecule has 19 heavy (non-hydrogen) atoms. The van der Waals surface area contributed by atoms with Crippen molar-refractivity contribution in [2.24, 2.45) is 11.7 Å². The average Bonchev–Trinajstić information content (AvgIpc) is 2.38.